The molecule has 0 spiro atoms. The molecule has 41 heavy (non-hydrogen) atoms. The second-order valence-corrected chi connectivity index (χ2v) is 9.85. The minimum absolute atomic E-state index is 0.0599. The predicted octanol–water partition coefficient (Wildman–Crippen LogP) is 5.45. The fourth-order valence-electron chi connectivity index (χ4n) is 5.09. The monoisotopic (exact) mass is 553 g/mol. The number of benzene rings is 3. The quantitative estimate of drug-likeness (QED) is 0.268. The molecule has 5 rings (SSSR count). The van der Waals surface area contributed by atoms with Crippen LogP contribution >= 0.6 is 0 Å². The number of carbonyl (C=O) groups is 1. The van der Waals surface area contributed by atoms with Gasteiger partial charge in [-0.2, -0.15) is 4.98 Å². The van der Waals surface area contributed by atoms with Crippen molar-refractivity contribution in [3.8, 4) is 28.4 Å². The summed E-state index contributed by atoms with van der Waals surface area (Å²) in [5.41, 5.74) is 4.07. The van der Waals surface area contributed by atoms with Crippen molar-refractivity contribution in [1.82, 2.24) is 15.3 Å². The Balaban J connectivity index is 1.22. The second-order valence-electron chi connectivity index (χ2n) is 9.85. The van der Waals surface area contributed by atoms with Crippen molar-refractivity contribution in [3.05, 3.63) is 84.6 Å². The van der Waals surface area contributed by atoms with E-state index in [-0.39, 0.29) is 11.8 Å². The molecule has 1 atom stereocenters. The number of piperidine rings is 1. The van der Waals surface area contributed by atoms with Crippen LogP contribution < -0.4 is 29.7 Å². The third-order valence-electron chi connectivity index (χ3n) is 7.18. The van der Waals surface area contributed by atoms with Crippen molar-refractivity contribution < 1.29 is 19.0 Å². The molecule has 3 aromatic carbocycles. The second kappa shape index (κ2) is 13.0. The number of anilines is 3. The summed E-state index contributed by atoms with van der Waals surface area (Å²) in [6.07, 6.45) is 3.46. The molecule has 4 aromatic rings. The highest BCUT2D eigenvalue weighted by molar-refractivity contribution is 5.79. The Hall–Kier alpha value is -4.79. The molecule has 0 saturated carbocycles. The van der Waals surface area contributed by atoms with Gasteiger partial charge in [0.1, 0.15) is 5.82 Å². The SMILES string of the molecule is COc1cc(Nc2nccc(N3CCC[C@H](C(=O)NCc4cccc(-c5ccccc5)c4)C3)n2)cc(OC)c1OC. The molecule has 212 valence electrons. The van der Waals surface area contributed by atoms with E-state index in [9.17, 15) is 4.79 Å². The molecule has 1 fully saturated rings. The maximum Gasteiger partial charge on any atom is 0.229 e. The first-order valence-corrected chi connectivity index (χ1v) is 13.6. The summed E-state index contributed by atoms with van der Waals surface area (Å²) < 4.78 is 16.3. The van der Waals surface area contributed by atoms with Crippen LogP contribution in [0.1, 0.15) is 18.4 Å². The average Bonchev–Trinajstić information content (AvgIpc) is 3.03. The topological polar surface area (TPSA) is 97.8 Å². The first kappa shape index (κ1) is 27.8. The van der Waals surface area contributed by atoms with Gasteiger partial charge in [-0.15, -0.1) is 0 Å². The third kappa shape index (κ3) is 6.69. The van der Waals surface area contributed by atoms with Crippen molar-refractivity contribution in [1.29, 1.82) is 0 Å². The molecule has 9 nitrogen and oxygen atoms in total. The van der Waals surface area contributed by atoms with Gasteiger partial charge in [0.05, 0.1) is 27.2 Å². The number of aromatic nitrogens is 2. The molecule has 0 aliphatic carbocycles. The fourth-order valence-corrected chi connectivity index (χ4v) is 5.09. The molecule has 1 aliphatic heterocycles. The Labute approximate surface area is 240 Å². The summed E-state index contributed by atoms with van der Waals surface area (Å²) in [7, 11) is 4.71. The lowest BCUT2D eigenvalue weighted by Gasteiger charge is -2.33. The highest BCUT2D eigenvalue weighted by atomic mass is 16.5. The zero-order valence-corrected chi connectivity index (χ0v) is 23.6. The Morgan fingerprint density at radius 3 is 2.41 bits per heavy atom. The molecule has 1 aromatic heterocycles. The molecule has 2 N–H and O–H groups in total. The highest BCUT2D eigenvalue weighted by Gasteiger charge is 2.26. The minimum atomic E-state index is -0.123. The number of hydrogen-bond acceptors (Lipinski definition) is 8. The fraction of sp³-hybridized carbons (Fsp3) is 0.281. The number of rotatable bonds is 10. The summed E-state index contributed by atoms with van der Waals surface area (Å²) in [6, 6.07) is 24.0. The lowest BCUT2D eigenvalue weighted by molar-refractivity contribution is -0.125. The number of ether oxygens (including phenoxy) is 3. The lowest BCUT2D eigenvalue weighted by Crippen LogP contribution is -2.43. The Bertz CT molecular complexity index is 1460. The summed E-state index contributed by atoms with van der Waals surface area (Å²) in [4.78, 5) is 24.4. The van der Waals surface area contributed by atoms with Gasteiger partial charge >= 0.3 is 0 Å². The maximum atomic E-state index is 13.2. The van der Waals surface area contributed by atoms with Crippen LogP contribution in [0.25, 0.3) is 11.1 Å². The molecule has 0 radical (unpaired) electrons. The molecule has 1 amide bonds. The summed E-state index contributed by atoms with van der Waals surface area (Å²) in [6.45, 7) is 1.91. The van der Waals surface area contributed by atoms with E-state index in [1.54, 1.807) is 39.7 Å². The van der Waals surface area contributed by atoms with Gasteiger partial charge in [-0.3, -0.25) is 4.79 Å². The first-order valence-electron chi connectivity index (χ1n) is 13.6. The van der Waals surface area contributed by atoms with Crippen molar-refractivity contribution in [2.75, 3.05) is 44.6 Å². The van der Waals surface area contributed by atoms with Gasteiger partial charge in [0.2, 0.25) is 17.6 Å². The van der Waals surface area contributed by atoms with Crippen molar-refractivity contribution in [3.63, 3.8) is 0 Å². The maximum absolute atomic E-state index is 13.2. The smallest absolute Gasteiger partial charge is 0.229 e. The van der Waals surface area contributed by atoms with E-state index in [0.29, 0.717) is 42.0 Å². The lowest BCUT2D eigenvalue weighted by atomic mass is 9.97. The minimum Gasteiger partial charge on any atom is -0.493 e. The van der Waals surface area contributed by atoms with Gasteiger partial charge in [-0.1, -0.05) is 48.5 Å². The average molecular weight is 554 g/mol. The number of nitrogens with one attached hydrogen (secondary N) is 2. The Kier molecular flexibility index (Phi) is 8.83. The Morgan fingerprint density at radius 1 is 0.927 bits per heavy atom. The van der Waals surface area contributed by atoms with E-state index >= 15 is 0 Å². The van der Waals surface area contributed by atoms with Crippen LogP contribution in [0.2, 0.25) is 0 Å². The van der Waals surface area contributed by atoms with Crippen LogP contribution in [-0.4, -0.2) is 50.3 Å². The largest absolute Gasteiger partial charge is 0.493 e. The first-order chi connectivity index (χ1) is 20.1. The number of hydrogen-bond donors (Lipinski definition) is 2. The van der Waals surface area contributed by atoms with E-state index < -0.39 is 0 Å². The third-order valence-corrected chi connectivity index (χ3v) is 7.18. The molecule has 0 bridgehead atoms. The number of carbonyl (C=O) groups excluding carboxylic acids is 1. The normalized spacial score (nSPS) is 14.7. The van der Waals surface area contributed by atoms with Gasteiger partial charge in [0.25, 0.3) is 0 Å². The van der Waals surface area contributed by atoms with E-state index in [0.717, 1.165) is 41.9 Å². The summed E-state index contributed by atoms with van der Waals surface area (Å²) in [5, 5.41) is 6.38. The van der Waals surface area contributed by atoms with E-state index in [4.69, 9.17) is 19.2 Å². The van der Waals surface area contributed by atoms with Gasteiger partial charge in [0, 0.05) is 43.7 Å². The van der Waals surface area contributed by atoms with Gasteiger partial charge in [-0.25, -0.2) is 4.98 Å². The molecular formula is C32H35N5O4. The summed E-state index contributed by atoms with van der Waals surface area (Å²) in [5.74, 6) is 2.71. The standard InChI is InChI=1S/C32H35N5O4/c1-39-27-18-26(19-28(40-2)30(27)41-3)35-32-33-15-14-29(36-32)37-16-8-13-25(21-37)31(38)34-20-22-9-7-12-24(17-22)23-10-5-4-6-11-23/h4-7,9-12,14-15,17-19,25H,8,13,16,20-21H2,1-3H3,(H,34,38)(H,33,35,36)/t25-/m0/s1. The van der Waals surface area contributed by atoms with Crippen LogP contribution in [0.4, 0.5) is 17.5 Å². The molecular weight excluding hydrogens is 518 g/mol. The van der Waals surface area contributed by atoms with Crippen LogP contribution in [0.15, 0.2) is 79.0 Å². The van der Waals surface area contributed by atoms with Crippen LogP contribution in [0.5, 0.6) is 17.2 Å². The zero-order chi connectivity index (χ0) is 28.6. The van der Waals surface area contributed by atoms with Gasteiger partial charge in [0.15, 0.2) is 11.5 Å². The number of nitrogens with zero attached hydrogens (tertiary/aromatic N) is 3. The zero-order valence-electron chi connectivity index (χ0n) is 23.6. The Morgan fingerprint density at radius 2 is 1.68 bits per heavy atom. The molecule has 2 heterocycles. The molecule has 9 heteroatoms. The van der Waals surface area contributed by atoms with Gasteiger partial charge < -0.3 is 29.7 Å². The number of amides is 1. The van der Waals surface area contributed by atoms with Crippen LogP contribution in [0, 0.1) is 5.92 Å². The van der Waals surface area contributed by atoms with E-state index in [1.807, 2.05) is 36.4 Å². The van der Waals surface area contributed by atoms with Gasteiger partial charge in [-0.05, 0) is 41.7 Å². The highest BCUT2D eigenvalue weighted by Crippen LogP contribution is 2.40. The predicted molar refractivity (Wildman–Crippen MR) is 160 cm³/mol. The van der Waals surface area contributed by atoms with Crippen molar-refractivity contribution >= 4 is 23.4 Å². The molecule has 1 saturated heterocycles. The summed E-state index contributed by atoms with van der Waals surface area (Å²) >= 11 is 0. The van der Waals surface area contributed by atoms with E-state index in [2.05, 4.69) is 44.8 Å². The molecule has 0 unspecified atom stereocenters. The molecule has 1 aliphatic rings. The van der Waals surface area contributed by atoms with Crippen molar-refractivity contribution in [2.45, 2.75) is 19.4 Å². The van der Waals surface area contributed by atoms with Crippen LogP contribution in [-0.2, 0) is 11.3 Å². The van der Waals surface area contributed by atoms with E-state index in [1.165, 1.54) is 0 Å². The van der Waals surface area contributed by atoms with Crippen LogP contribution in [0.3, 0.4) is 0 Å². The number of methoxy groups -OCH3 is 3. The van der Waals surface area contributed by atoms with Crippen molar-refractivity contribution in [2.24, 2.45) is 5.92 Å².